The Bertz CT molecular complexity index is 1130. The number of thioether (sulfide) groups is 1. The largest absolute Gasteiger partial charge is 0.497 e. The molecule has 3 heterocycles. The first-order valence-electron chi connectivity index (χ1n) is 9.83. The third kappa shape index (κ3) is 4.24. The first-order chi connectivity index (χ1) is 15.4. The van der Waals surface area contributed by atoms with Crippen LogP contribution in [0.25, 0.3) is 17.4 Å². The third-order valence-electron chi connectivity index (χ3n) is 5.19. The standard InChI is InChI=1S/C21H19N3O7S/c1-30-13-4-6-15(16(10-13)24(28)29)17-7-5-14(31-17)11-18-20(26)23(21(27)32-18)12-19(25)22-8-2-3-9-22/h4-7,10-11H,2-3,8-9,12H2,1H3/b18-11-. The quantitative estimate of drug-likeness (QED) is 0.367. The molecule has 1 aromatic heterocycles. The molecule has 0 bridgehead atoms. The maximum Gasteiger partial charge on any atom is 0.294 e. The summed E-state index contributed by atoms with van der Waals surface area (Å²) in [5.74, 6) is -0.000940. The van der Waals surface area contributed by atoms with Crippen LogP contribution in [0, 0.1) is 10.1 Å². The molecule has 2 aromatic rings. The van der Waals surface area contributed by atoms with Crippen molar-refractivity contribution in [1.82, 2.24) is 9.80 Å². The van der Waals surface area contributed by atoms with Crippen LogP contribution in [0.5, 0.6) is 5.75 Å². The van der Waals surface area contributed by atoms with Crippen LogP contribution in [-0.4, -0.2) is 58.5 Å². The molecular weight excluding hydrogens is 438 g/mol. The van der Waals surface area contributed by atoms with Gasteiger partial charge in [0.1, 0.15) is 23.8 Å². The van der Waals surface area contributed by atoms with Crippen molar-refractivity contribution < 1.29 is 28.5 Å². The zero-order valence-electron chi connectivity index (χ0n) is 17.1. The van der Waals surface area contributed by atoms with Crippen molar-refractivity contribution in [3.05, 3.63) is 51.1 Å². The Morgan fingerprint density at radius 3 is 2.69 bits per heavy atom. The van der Waals surface area contributed by atoms with E-state index >= 15 is 0 Å². The molecule has 2 aliphatic heterocycles. The Kier molecular flexibility index (Phi) is 5.99. The van der Waals surface area contributed by atoms with E-state index in [0.717, 1.165) is 29.5 Å². The van der Waals surface area contributed by atoms with Gasteiger partial charge in [0.05, 0.1) is 28.6 Å². The van der Waals surface area contributed by atoms with Crippen LogP contribution < -0.4 is 4.74 Å². The minimum atomic E-state index is -0.569. The van der Waals surface area contributed by atoms with Gasteiger partial charge in [-0.05, 0) is 48.9 Å². The number of nitrogens with zero attached hydrogens (tertiary/aromatic N) is 3. The number of hydrogen-bond donors (Lipinski definition) is 0. The fourth-order valence-corrected chi connectivity index (χ4v) is 4.36. The summed E-state index contributed by atoms with van der Waals surface area (Å²) < 4.78 is 10.7. The average Bonchev–Trinajstić information content (AvgIpc) is 3.52. The van der Waals surface area contributed by atoms with E-state index in [-0.39, 0.29) is 40.1 Å². The minimum Gasteiger partial charge on any atom is -0.497 e. The van der Waals surface area contributed by atoms with Crippen molar-refractivity contribution in [3.8, 4) is 17.1 Å². The Labute approximate surface area is 186 Å². The SMILES string of the molecule is COc1ccc(-c2ccc(/C=C3\SC(=O)N(CC(=O)N4CCCC4)C3=O)o2)c([N+](=O)[O-])c1. The van der Waals surface area contributed by atoms with Gasteiger partial charge in [-0.15, -0.1) is 0 Å². The lowest BCUT2D eigenvalue weighted by molar-refractivity contribution is -0.384. The predicted molar refractivity (Wildman–Crippen MR) is 116 cm³/mol. The van der Waals surface area contributed by atoms with Crippen molar-refractivity contribution in [3.63, 3.8) is 0 Å². The molecule has 4 rings (SSSR count). The molecule has 1 aromatic carbocycles. The van der Waals surface area contributed by atoms with Crippen LogP contribution in [0.4, 0.5) is 10.5 Å². The summed E-state index contributed by atoms with van der Waals surface area (Å²) in [5, 5.41) is 10.9. The molecule has 0 saturated carbocycles. The van der Waals surface area contributed by atoms with Crippen molar-refractivity contribution in [2.75, 3.05) is 26.7 Å². The molecule has 0 spiro atoms. The number of furan rings is 1. The monoisotopic (exact) mass is 457 g/mol. The topological polar surface area (TPSA) is 123 Å². The zero-order valence-corrected chi connectivity index (χ0v) is 17.9. The molecular formula is C21H19N3O7S. The van der Waals surface area contributed by atoms with E-state index in [1.165, 1.54) is 25.3 Å². The maximum absolute atomic E-state index is 12.7. The minimum absolute atomic E-state index is 0.120. The number of carbonyl (C=O) groups is 3. The average molecular weight is 457 g/mol. The number of likely N-dealkylation sites (tertiary alicyclic amines) is 1. The highest BCUT2D eigenvalue weighted by Gasteiger charge is 2.37. The number of benzene rings is 1. The van der Waals surface area contributed by atoms with E-state index in [2.05, 4.69) is 0 Å². The van der Waals surface area contributed by atoms with Crippen LogP contribution in [-0.2, 0) is 9.59 Å². The van der Waals surface area contributed by atoms with Gasteiger partial charge in [0, 0.05) is 19.2 Å². The van der Waals surface area contributed by atoms with E-state index in [0.29, 0.717) is 18.8 Å². The van der Waals surface area contributed by atoms with E-state index in [4.69, 9.17) is 9.15 Å². The summed E-state index contributed by atoms with van der Waals surface area (Å²) >= 11 is 0.722. The number of methoxy groups -OCH3 is 1. The molecule has 166 valence electrons. The van der Waals surface area contributed by atoms with Crippen LogP contribution in [0.3, 0.4) is 0 Å². The van der Waals surface area contributed by atoms with Crippen molar-refractivity contribution in [2.24, 2.45) is 0 Å². The molecule has 10 nitrogen and oxygen atoms in total. The molecule has 2 aliphatic rings. The van der Waals surface area contributed by atoms with Crippen LogP contribution >= 0.6 is 11.8 Å². The molecule has 2 fully saturated rings. The number of ether oxygens (including phenoxy) is 1. The van der Waals surface area contributed by atoms with Gasteiger partial charge in [-0.1, -0.05) is 0 Å². The lowest BCUT2D eigenvalue weighted by Crippen LogP contribution is -2.40. The number of amides is 3. The van der Waals surface area contributed by atoms with Crippen molar-refractivity contribution >= 4 is 40.6 Å². The Hall–Kier alpha value is -3.60. The van der Waals surface area contributed by atoms with Gasteiger partial charge >= 0.3 is 0 Å². The molecule has 2 saturated heterocycles. The molecule has 0 radical (unpaired) electrons. The van der Waals surface area contributed by atoms with E-state index < -0.39 is 16.1 Å². The molecule has 11 heteroatoms. The first-order valence-corrected chi connectivity index (χ1v) is 10.6. The zero-order chi connectivity index (χ0) is 22.8. The third-order valence-corrected chi connectivity index (χ3v) is 6.10. The summed E-state index contributed by atoms with van der Waals surface area (Å²) in [7, 11) is 1.41. The lowest BCUT2D eigenvalue weighted by atomic mass is 10.1. The number of nitro groups is 1. The van der Waals surface area contributed by atoms with Crippen molar-refractivity contribution in [2.45, 2.75) is 12.8 Å². The van der Waals surface area contributed by atoms with Crippen LogP contribution in [0.15, 0.2) is 39.7 Å². The van der Waals surface area contributed by atoms with Gasteiger partial charge in [-0.25, -0.2) is 0 Å². The highest BCUT2D eigenvalue weighted by molar-refractivity contribution is 8.18. The summed E-state index contributed by atoms with van der Waals surface area (Å²) in [6.07, 6.45) is 3.23. The summed E-state index contributed by atoms with van der Waals surface area (Å²) in [6.45, 7) is 0.985. The fraction of sp³-hybridized carbons (Fsp3) is 0.286. The number of imide groups is 1. The first kappa shape index (κ1) is 21.6. The van der Waals surface area contributed by atoms with Crippen molar-refractivity contribution in [1.29, 1.82) is 0 Å². The molecule has 32 heavy (non-hydrogen) atoms. The smallest absolute Gasteiger partial charge is 0.294 e. The van der Waals surface area contributed by atoms with Gasteiger partial charge in [-0.3, -0.25) is 29.4 Å². The highest BCUT2D eigenvalue weighted by atomic mass is 32.2. The predicted octanol–water partition coefficient (Wildman–Crippen LogP) is 3.52. The van der Waals surface area contributed by atoms with Crippen LogP contribution in [0.2, 0.25) is 0 Å². The summed E-state index contributed by atoms with van der Waals surface area (Å²) in [4.78, 5) is 50.8. The Morgan fingerprint density at radius 2 is 2.00 bits per heavy atom. The Morgan fingerprint density at radius 1 is 1.25 bits per heavy atom. The number of hydrogen-bond acceptors (Lipinski definition) is 8. The number of nitro benzene ring substituents is 1. The van der Waals surface area contributed by atoms with Gasteiger partial charge in [-0.2, -0.15) is 0 Å². The van der Waals surface area contributed by atoms with Gasteiger partial charge in [0.2, 0.25) is 5.91 Å². The molecule has 3 amide bonds. The number of rotatable bonds is 6. The fourth-order valence-electron chi connectivity index (χ4n) is 3.54. The Balaban J connectivity index is 1.53. The van der Waals surface area contributed by atoms with Gasteiger partial charge < -0.3 is 14.1 Å². The van der Waals surface area contributed by atoms with E-state index in [9.17, 15) is 24.5 Å². The summed E-state index contributed by atoms with van der Waals surface area (Å²) in [5.41, 5.74) is 0.0609. The second-order valence-corrected chi connectivity index (χ2v) is 8.19. The van der Waals surface area contributed by atoms with Gasteiger partial charge in [0.25, 0.3) is 16.8 Å². The van der Waals surface area contributed by atoms with Gasteiger partial charge in [0.15, 0.2) is 0 Å². The second kappa shape index (κ2) is 8.87. The van der Waals surface area contributed by atoms with Crippen LogP contribution in [0.1, 0.15) is 18.6 Å². The molecule has 0 N–H and O–H groups in total. The maximum atomic E-state index is 12.7. The normalized spacial score (nSPS) is 17.5. The molecule has 0 atom stereocenters. The number of carbonyl (C=O) groups excluding carboxylic acids is 3. The van der Waals surface area contributed by atoms with E-state index in [1.54, 1.807) is 23.1 Å². The van der Waals surface area contributed by atoms with E-state index in [1.807, 2.05) is 0 Å². The highest BCUT2D eigenvalue weighted by Crippen LogP contribution is 2.36. The molecule has 0 aliphatic carbocycles. The summed E-state index contributed by atoms with van der Waals surface area (Å²) in [6, 6.07) is 7.47. The lowest BCUT2D eigenvalue weighted by Gasteiger charge is -2.18. The molecule has 0 unspecified atom stereocenters. The second-order valence-electron chi connectivity index (χ2n) is 7.20.